The molecule has 0 bridgehead atoms. The quantitative estimate of drug-likeness (QED) is 0.349. The van der Waals surface area contributed by atoms with Crippen molar-refractivity contribution in [2.75, 3.05) is 25.5 Å². The van der Waals surface area contributed by atoms with E-state index in [1.54, 1.807) is 30.3 Å². The second-order valence-corrected chi connectivity index (χ2v) is 6.58. The number of carbonyl (C=O) groups excluding carboxylic acids is 1. The first-order valence-electron chi connectivity index (χ1n) is 7.80. The zero-order valence-corrected chi connectivity index (χ0v) is 15.8. The van der Waals surface area contributed by atoms with E-state index in [1.165, 1.54) is 0 Å². The van der Waals surface area contributed by atoms with Crippen LogP contribution in [0.3, 0.4) is 0 Å². The number of anilines is 1. The molecule has 1 aromatic carbocycles. The molecule has 0 amide bonds. The van der Waals surface area contributed by atoms with Gasteiger partial charge >= 0.3 is 0 Å². The van der Waals surface area contributed by atoms with Crippen LogP contribution in [0.2, 0.25) is 5.02 Å². The molecule has 1 aromatic heterocycles. The molecule has 1 heterocycles. The maximum Gasteiger partial charge on any atom is 0.270 e. The third-order valence-electron chi connectivity index (χ3n) is 3.70. The number of carbonyl (C=O) groups is 1. The van der Waals surface area contributed by atoms with Crippen molar-refractivity contribution in [3.8, 4) is 0 Å². The van der Waals surface area contributed by atoms with Gasteiger partial charge in [-0.05, 0) is 24.3 Å². The van der Waals surface area contributed by atoms with E-state index in [0.717, 1.165) is 5.69 Å². The zero-order valence-electron chi connectivity index (χ0n) is 14.3. The second-order valence-electron chi connectivity index (χ2n) is 5.71. The first-order chi connectivity index (χ1) is 11.9. The van der Waals surface area contributed by atoms with Crippen molar-refractivity contribution in [1.82, 2.24) is 5.32 Å². The first-order valence-corrected chi connectivity index (χ1v) is 8.59. The maximum absolute atomic E-state index is 13.1. The summed E-state index contributed by atoms with van der Waals surface area (Å²) in [6.07, 6.45) is 5.42. The van der Waals surface area contributed by atoms with Gasteiger partial charge in [0.25, 0.3) is 6.04 Å². The molecule has 6 heteroatoms. The van der Waals surface area contributed by atoms with Gasteiger partial charge in [0.05, 0.1) is 0 Å². The fraction of sp³-hybridized carbons (Fsp3) is 0.211. The van der Waals surface area contributed by atoms with Gasteiger partial charge in [0, 0.05) is 49.0 Å². The SMILES string of the molecule is C=CCNC(=S)[C@@H](C(=O)c1ccc(Cl)cc1)[n+]1ccc(N(C)C)cc1. The molecule has 4 nitrogen and oxygen atoms in total. The molecule has 25 heavy (non-hydrogen) atoms. The van der Waals surface area contributed by atoms with Crippen LogP contribution in [0.4, 0.5) is 5.69 Å². The van der Waals surface area contributed by atoms with Crippen molar-refractivity contribution in [3.05, 3.63) is 72.0 Å². The van der Waals surface area contributed by atoms with Gasteiger partial charge in [-0.1, -0.05) is 29.9 Å². The highest BCUT2D eigenvalue weighted by atomic mass is 35.5. The lowest BCUT2D eigenvalue weighted by atomic mass is 10.0. The first kappa shape index (κ1) is 19.1. The molecule has 0 aliphatic heterocycles. The minimum Gasteiger partial charge on any atom is -0.377 e. The van der Waals surface area contributed by atoms with E-state index in [1.807, 2.05) is 48.1 Å². The molecule has 1 N–H and O–H groups in total. The molecule has 130 valence electrons. The van der Waals surface area contributed by atoms with Crippen LogP contribution in [-0.2, 0) is 0 Å². The number of benzene rings is 1. The highest BCUT2D eigenvalue weighted by Crippen LogP contribution is 2.16. The van der Waals surface area contributed by atoms with Crippen molar-refractivity contribution in [2.45, 2.75) is 6.04 Å². The van der Waals surface area contributed by atoms with Crippen molar-refractivity contribution in [2.24, 2.45) is 0 Å². The number of rotatable bonds is 7. The number of aromatic nitrogens is 1. The Kier molecular flexibility index (Phi) is 6.67. The predicted molar refractivity (Wildman–Crippen MR) is 107 cm³/mol. The molecule has 2 aromatic rings. The lowest BCUT2D eigenvalue weighted by molar-refractivity contribution is -0.692. The molecular formula is C19H21ClN3OS+. The topological polar surface area (TPSA) is 36.2 Å². The standard InChI is InChI=1S/C19H20ClN3OS/c1-4-11-21-19(25)17(18(24)14-5-7-15(20)8-6-14)23-12-9-16(10-13-23)22(2)3/h4-10,12-13,17H,1,11H2,2-3H3/p+1/t17-/m1/s1. The molecule has 0 aliphatic carbocycles. The summed E-state index contributed by atoms with van der Waals surface area (Å²) in [6, 6.07) is 10.1. The van der Waals surface area contributed by atoms with Crippen LogP contribution in [0.1, 0.15) is 16.4 Å². The van der Waals surface area contributed by atoms with Gasteiger partial charge in [-0.3, -0.25) is 4.79 Å². The fourth-order valence-corrected chi connectivity index (χ4v) is 2.77. The number of hydrogen-bond acceptors (Lipinski definition) is 3. The number of nitrogens with one attached hydrogen (secondary N) is 1. The minimum atomic E-state index is -0.632. The lowest BCUT2D eigenvalue weighted by Gasteiger charge is -2.16. The van der Waals surface area contributed by atoms with E-state index in [2.05, 4.69) is 11.9 Å². The van der Waals surface area contributed by atoms with Gasteiger partial charge in [-0.15, -0.1) is 6.58 Å². The average Bonchev–Trinajstić information content (AvgIpc) is 2.61. The van der Waals surface area contributed by atoms with Crippen molar-refractivity contribution in [3.63, 3.8) is 0 Å². The molecule has 0 saturated carbocycles. The summed E-state index contributed by atoms with van der Waals surface area (Å²) >= 11 is 11.4. The fourth-order valence-electron chi connectivity index (χ4n) is 2.33. The molecule has 2 rings (SSSR count). The number of halogens is 1. The summed E-state index contributed by atoms with van der Waals surface area (Å²) in [5, 5.41) is 3.65. The van der Waals surface area contributed by atoms with Crippen LogP contribution in [0, 0.1) is 0 Å². The van der Waals surface area contributed by atoms with Crippen LogP contribution in [-0.4, -0.2) is 31.4 Å². The summed E-state index contributed by atoms with van der Waals surface area (Å²) < 4.78 is 1.81. The molecular weight excluding hydrogens is 354 g/mol. The molecule has 0 spiro atoms. The summed E-state index contributed by atoms with van der Waals surface area (Å²) in [7, 11) is 3.93. The Labute approximate surface area is 158 Å². The number of thiocarbonyl (C=S) groups is 1. The highest BCUT2D eigenvalue weighted by Gasteiger charge is 2.33. The Bertz CT molecular complexity index is 757. The van der Waals surface area contributed by atoms with Crippen molar-refractivity contribution >= 4 is 40.3 Å². The van der Waals surface area contributed by atoms with Crippen LogP contribution < -0.4 is 14.8 Å². The second kappa shape index (κ2) is 8.74. The van der Waals surface area contributed by atoms with E-state index in [4.69, 9.17) is 23.8 Å². The highest BCUT2D eigenvalue weighted by molar-refractivity contribution is 7.80. The molecule has 0 aliphatic rings. The monoisotopic (exact) mass is 374 g/mol. The Morgan fingerprint density at radius 2 is 1.88 bits per heavy atom. The average molecular weight is 375 g/mol. The van der Waals surface area contributed by atoms with E-state index in [-0.39, 0.29) is 5.78 Å². The summed E-state index contributed by atoms with van der Waals surface area (Å²) in [5.74, 6) is -0.0965. The molecule has 0 fully saturated rings. The van der Waals surface area contributed by atoms with Crippen LogP contribution in [0.25, 0.3) is 0 Å². The van der Waals surface area contributed by atoms with E-state index < -0.39 is 6.04 Å². The van der Waals surface area contributed by atoms with E-state index in [0.29, 0.717) is 22.1 Å². The molecule has 1 atom stereocenters. The van der Waals surface area contributed by atoms with Crippen LogP contribution >= 0.6 is 23.8 Å². The summed E-state index contributed by atoms with van der Waals surface area (Å²) in [5.41, 5.74) is 1.60. The number of nitrogens with zero attached hydrogens (tertiary/aromatic N) is 2. The normalized spacial score (nSPS) is 11.5. The van der Waals surface area contributed by atoms with Gasteiger partial charge in [-0.25, -0.2) is 0 Å². The number of ketones is 1. The van der Waals surface area contributed by atoms with Gasteiger partial charge < -0.3 is 10.2 Å². The van der Waals surface area contributed by atoms with Crippen LogP contribution in [0.15, 0.2) is 61.4 Å². The van der Waals surface area contributed by atoms with E-state index >= 15 is 0 Å². The zero-order chi connectivity index (χ0) is 18.4. The Morgan fingerprint density at radius 3 is 2.40 bits per heavy atom. The molecule has 0 saturated heterocycles. The smallest absolute Gasteiger partial charge is 0.270 e. The van der Waals surface area contributed by atoms with Crippen molar-refractivity contribution < 1.29 is 9.36 Å². The molecule has 0 unspecified atom stereocenters. The van der Waals surface area contributed by atoms with E-state index in [9.17, 15) is 4.79 Å². The van der Waals surface area contributed by atoms with Gasteiger partial charge in [0.1, 0.15) is 0 Å². The third kappa shape index (κ3) is 4.87. The van der Waals surface area contributed by atoms with Gasteiger partial charge in [0.15, 0.2) is 17.4 Å². The summed E-state index contributed by atoms with van der Waals surface area (Å²) in [6.45, 7) is 4.17. The summed E-state index contributed by atoms with van der Waals surface area (Å²) in [4.78, 5) is 15.5. The maximum atomic E-state index is 13.1. The largest absolute Gasteiger partial charge is 0.377 e. The number of pyridine rings is 1. The number of Topliss-reactive ketones (excluding diaryl/α,β-unsaturated/α-hetero) is 1. The Hall–Kier alpha value is -2.24. The minimum absolute atomic E-state index is 0.0965. The lowest BCUT2D eigenvalue weighted by Crippen LogP contribution is -2.51. The Morgan fingerprint density at radius 1 is 1.28 bits per heavy atom. The van der Waals surface area contributed by atoms with Gasteiger partial charge in [0.2, 0.25) is 5.78 Å². The molecule has 0 radical (unpaired) electrons. The predicted octanol–water partition coefficient (Wildman–Crippen LogP) is 3.22. The third-order valence-corrected chi connectivity index (χ3v) is 4.32. The Balaban J connectivity index is 2.38. The van der Waals surface area contributed by atoms with Crippen molar-refractivity contribution in [1.29, 1.82) is 0 Å². The van der Waals surface area contributed by atoms with Gasteiger partial charge in [-0.2, -0.15) is 4.57 Å². The number of hydrogen-bond donors (Lipinski definition) is 1. The van der Waals surface area contributed by atoms with Crippen LogP contribution in [0.5, 0.6) is 0 Å².